The lowest BCUT2D eigenvalue weighted by atomic mass is 9.95. The van der Waals surface area contributed by atoms with Crippen LogP contribution in [-0.4, -0.2) is 73.3 Å². The molecule has 0 aromatic carbocycles. The van der Waals surface area contributed by atoms with Gasteiger partial charge in [-0.3, -0.25) is 4.79 Å². The van der Waals surface area contributed by atoms with E-state index in [2.05, 4.69) is 0 Å². The van der Waals surface area contributed by atoms with Crippen molar-refractivity contribution in [2.24, 2.45) is 5.92 Å². The van der Waals surface area contributed by atoms with Crippen molar-refractivity contribution < 1.29 is 17.9 Å². The molecule has 0 unspecified atom stereocenters. The fourth-order valence-electron chi connectivity index (χ4n) is 3.55. The van der Waals surface area contributed by atoms with Crippen LogP contribution in [0.15, 0.2) is 0 Å². The molecule has 0 atom stereocenters. The molecule has 0 aromatic rings. The van der Waals surface area contributed by atoms with Gasteiger partial charge in [0, 0.05) is 50.7 Å². The van der Waals surface area contributed by atoms with Crippen molar-refractivity contribution in [1.29, 1.82) is 0 Å². The van der Waals surface area contributed by atoms with E-state index in [9.17, 15) is 13.2 Å². The Kier molecular flexibility index (Phi) is 4.74. The molecule has 126 valence electrons. The molecule has 3 heterocycles. The number of nitrogens with zero attached hydrogens (tertiary/aromatic N) is 2. The summed E-state index contributed by atoms with van der Waals surface area (Å²) in [6.07, 6.45) is 4.33. The molecule has 6 nitrogen and oxygen atoms in total. The molecule has 3 saturated heterocycles. The molecule has 22 heavy (non-hydrogen) atoms. The minimum Gasteiger partial charge on any atom is -0.363 e. The van der Waals surface area contributed by atoms with Gasteiger partial charge in [-0.15, -0.1) is 11.8 Å². The predicted octanol–water partition coefficient (Wildman–Crippen LogP) is 0.740. The van der Waals surface area contributed by atoms with Crippen LogP contribution >= 0.6 is 11.8 Å². The minimum absolute atomic E-state index is 0.0239. The van der Waals surface area contributed by atoms with Gasteiger partial charge in [-0.1, -0.05) is 0 Å². The second-order valence-electron chi connectivity index (χ2n) is 6.37. The van der Waals surface area contributed by atoms with E-state index < -0.39 is 10.0 Å². The molecule has 3 fully saturated rings. The van der Waals surface area contributed by atoms with Crippen molar-refractivity contribution in [1.82, 2.24) is 9.21 Å². The van der Waals surface area contributed by atoms with Crippen molar-refractivity contribution in [3.05, 3.63) is 0 Å². The third kappa shape index (κ3) is 3.44. The summed E-state index contributed by atoms with van der Waals surface area (Å²) in [6.45, 7) is 3.27. The molecule has 0 aromatic heterocycles. The second-order valence-corrected chi connectivity index (χ2v) is 9.79. The van der Waals surface area contributed by atoms with Crippen LogP contribution in [0.4, 0.5) is 0 Å². The second kappa shape index (κ2) is 6.30. The van der Waals surface area contributed by atoms with Gasteiger partial charge in [-0.2, -0.15) is 0 Å². The van der Waals surface area contributed by atoms with Crippen LogP contribution in [0.5, 0.6) is 0 Å². The highest BCUT2D eigenvalue weighted by molar-refractivity contribution is 8.00. The molecule has 8 heteroatoms. The summed E-state index contributed by atoms with van der Waals surface area (Å²) in [5.74, 6) is 1.23. The Morgan fingerprint density at radius 1 is 1.18 bits per heavy atom. The molecule has 3 aliphatic heterocycles. The molecular formula is C14H24N2O4S2. The van der Waals surface area contributed by atoms with Gasteiger partial charge in [0.25, 0.3) is 0 Å². The molecule has 3 aliphatic rings. The highest BCUT2D eigenvalue weighted by atomic mass is 32.2. The van der Waals surface area contributed by atoms with Gasteiger partial charge in [0.05, 0.1) is 12.9 Å². The monoisotopic (exact) mass is 348 g/mol. The maximum atomic E-state index is 12.6. The van der Waals surface area contributed by atoms with Gasteiger partial charge in [-0.05, 0) is 12.8 Å². The number of sulfonamides is 1. The van der Waals surface area contributed by atoms with E-state index >= 15 is 0 Å². The van der Waals surface area contributed by atoms with Gasteiger partial charge in [-0.25, -0.2) is 12.7 Å². The van der Waals surface area contributed by atoms with Gasteiger partial charge in [0.15, 0.2) is 0 Å². The van der Waals surface area contributed by atoms with E-state index in [1.165, 1.54) is 10.6 Å². The van der Waals surface area contributed by atoms with Crippen molar-refractivity contribution >= 4 is 27.7 Å². The third-order valence-electron chi connectivity index (χ3n) is 4.92. The summed E-state index contributed by atoms with van der Waals surface area (Å²) in [4.78, 5) is 14.5. The molecular weight excluding hydrogens is 324 g/mol. The first-order chi connectivity index (χ1) is 10.4. The molecule has 0 N–H and O–H groups in total. The smallest absolute Gasteiger partial charge is 0.225 e. The number of ether oxygens (including phenoxy) is 1. The zero-order valence-corrected chi connectivity index (χ0v) is 14.6. The molecule has 0 bridgehead atoms. The molecule has 0 aliphatic carbocycles. The molecule has 1 amide bonds. The van der Waals surface area contributed by atoms with Crippen LogP contribution in [0.1, 0.15) is 25.7 Å². The van der Waals surface area contributed by atoms with Gasteiger partial charge in [0.1, 0.15) is 4.93 Å². The standard InChI is InChI=1S/C14H24N2O4S2/c1-22(18,19)16-6-2-12(3-7-16)13(17)15-8-4-14(5-9-15)20-10-11-21-14/h12H,2-11H2,1H3. The Morgan fingerprint density at radius 3 is 2.32 bits per heavy atom. The van der Waals surface area contributed by atoms with E-state index in [0.29, 0.717) is 25.9 Å². The number of hydrogen-bond acceptors (Lipinski definition) is 5. The highest BCUT2D eigenvalue weighted by Gasteiger charge is 2.41. The zero-order chi connectivity index (χ0) is 15.8. The van der Waals surface area contributed by atoms with E-state index in [1.807, 2.05) is 16.7 Å². The number of piperidine rings is 2. The quantitative estimate of drug-likeness (QED) is 0.736. The van der Waals surface area contributed by atoms with Crippen LogP contribution in [0.2, 0.25) is 0 Å². The SMILES string of the molecule is CS(=O)(=O)N1CCC(C(=O)N2CCC3(CC2)OCCS3)CC1. The van der Waals surface area contributed by atoms with Crippen molar-refractivity contribution in [3.63, 3.8) is 0 Å². The molecule has 0 radical (unpaired) electrons. The largest absolute Gasteiger partial charge is 0.363 e. The topological polar surface area (TPSA) is 66.9 Å². The Morgan fingerprint density at radius 2 is 1.82 bits per heavy atom. The van der Waals surface area contributed by atoms with Crippen molar-refractivity contribution in [2.45, 2.75) is 30.6 Å². The number of carbonyl (C=O) groups excluding carboxylic acids is 1. The van der Waals surface area contributed by atoms with Gasteiger partial charge < -0.3 is 9.64 Å². The third-order valence-corrected chi connectivity index (χ3v) is 7.65. The van der Waals surface area contributed by atoms with E-state index in [-0.39, 0.29) is 16.8 Å². The molecule has 3 rings (SSSR count). The van der Waals surface area contributed by atoms with E-state index in [1.54, 1.807) is 0 Å². The summed E-state index contributed by atoms with van der Waals surface area (Å²) < 4.78 is 30.4. The zero-order valence-electron chi connectivity index (χ0n) is 13.0. The van der Waals surface area contributed by atoms with E-state index in [4.69, 9.17) is 4.74 Å². The summed E-state index contributed by atoms with van der Waals surface area (Å²) in [7, 11) is -3.13. The van der Waals surface area contributed by atoms with Crippen LogP contribution in [-0.2, 0) is 19.6 Å². The first kappa shape index (κ1) is 16.5. The average Bonchev–Trinajstić information content (AvgIpc) is 2.95. The minimum atomic E-state index is -3.13. The molecule has 1 spiro atoms. The lowest BCUT2D eigenvalue weighted by Crippen LogP contribution is -2.49. The number of carbonyl (C=O) groups is 1. The van der Waals surface area contributed by atoms with Crippen molar-refractivity contribution in [3.8, 4) is 0 Å². The van der Waals surface area contributed by atoms with E-state index in [0.717, 1.165) is 38.3 Å². The fraction of sp³-hybridized carbons (Fsp3) is 0.929. The lowest BCUT2D eigenvalue weighted by Gasteiger charge is -2.40. The molecule has 0 saturated carbocycles. The fourth-order valence-corrected chi connectivity index (χ4v) is 5.60. The normalized spacial score (nSPS) is 27.4. The highest BCUT2D eigenvalue weighted by Crippen LogP contribution is 2.41. The Balaban J connectivity index is 1.51. The summed E-state index contributed by atoms with van der Waals surface area (Å²) in [5.41, 5.74) is 0. The predicted molar refractivity (Wildman–Crippen MR) is 86.1 cm³/mol. The number of amides is 1. The maximum absolute atomic E-state index is 12.6. The summed E-state index contributed by atoms with van der Waals surface area (Å²) in [6, 6.07) is 0. The Hall–Kier alpha value is -0.310. The van der Waals surface area contributed by atoms with Gasteiger partial charge >= 0.3 is 0 Å². The number of thioether (sulfide) groups is 1. The van der Waals surface area contributed by atoms with Crippen LogP contribution < -0.4 is 0 Å². The number of hydrogen-bond donors (Lipinski definition) is 0. The number of rotatable bonds is 2. The average molecular weight is 348 g/mol. The summed E-state index contributed by atoms with van der Waals surface area (Å²) in [5, 5.41) is 0. The van der Waals surface area contributed by atoms with Crippen LogP contribution in [0, 0.1) is 5.92 Å². The first-order valence-electron chi connectivity index (χ1n) is 7.91. The Bertz CT molecular complexity index is 513. The van der Waals surface area contributed by atoms with Crippen LogP contribution in [0.25, 0.3) is 0 Å². The summed E-state index contributed by atoms with van der Waals surface area (Å²) >= 11 is 1.88. The lowest BCUT2D eigenvalue weighted by molar-refractivity contribution is -0.139. The van der Waals surface area contributed by atoms with Crippen LogP contribution in [0.3, 0.4) is 0 Å². The Labute approximate surface area is 136 Å². The van der Waals surface area contributed by atoms with Gasteiger partial charge in [0.2, 0.25) is 15.9 Å². The number of likely N-dealkylation sites (tertiary alicyclic amines) is 1. The van der Waals surface area contributed by atoms with Crippen molar-refractivity contribution in [2.75, 3.05) is 44.8 Å². The maximum Gasteiger partial charge on any atom is 0.225 e. The first-order valence-corrected chi connectivity index (χ1v) is 10.7.